The van der Waals surface area contributed by atoms with Gasteiger partial charge in [0.2, 0.25) is 0 Å². The van der Waals surface area contributed by atoms with Crippen LogP contribution in [0, 0.1) is 5.82 Å². The number of benzene rings is 2. The fraction of sp³-hybridized carbons (Fsp3) is 0.381. The molecule has 3 rings (SSSR count). The van der Waals surface area contributed by atoms with Crippen LogP contribution in [-0.4, -0.2) is 50.8 Å². The van der Waals surface area contributed by atoms with Gasteiger partial charge in [0.05, 0.1) is 11.3 Å². The Hall–Kier alpha value is -2.10. The quantitative estimate of drug-likeness (QED) is 0.592. The number of carboxylic acids is 1. The molecule has 162 valence electrons. The largest absolute Gasteiger partial charge is 0.478 e. The van der Waals surface area contributed by atoms with Crippen LogP contribution >= 0.6 is 11.8 Å². The number of halogens is 1. The highest BCUT2D eigenvalue weighted by molar-refractivity contribution is 8.00. The van der Waals surface area contributed by atoms with E-state index in [1.165, 1.54) is 30.0 Å². The van der Waals surface area contributed by atoms with Gasteiger partial charge in [-0.15, -0.1) is 11.8 Å². The molecule has 0 unspecified atom stereocenters. The highest BCUT2D eigenvalue weighted by atomic mass is 32.2. The van der Waals surface area contributed by atoms with Gasteiger partial charge in [-0.2, -0.15) is 0 Å². The standard InChI is InChI=1S/C21H25FN2O4S2/c1-24(2)11-12-29-18-13-15(22)8-10-19(18)30(27,28)23-17-9-7-14-5-3-4-6-16(14)20(17)21(25)26/h7-10,13,23H,3-6,11-12H2,1-2H3,(H,25,26). The third-order valence-corrected chi connectivity index (χ3v) is 7.57. The molecule has 0 saturated heterocycles. The first-order valence-corrected chi connectivity index (χ1v) is 12.1. The first kappa shape index (κ1) is 22.6. The average Bonchev–Trinajstić information content (AvgIpc) is 2.66. The van der Waals surface area contributed by atoms with Gasteiger partial charge in [0, 0.05) is 17.2 Å². The van der Waals surface area contributed by atoms with Gasteiger partial charge in [-0.3, -0.25) is 4.72 Å². The third-order valence-electron chi connectivity index (χ3n) is 4.98. The lowest BCUT2D eigenvalue weighted by atomic mass is 9.87. The van der Waals surface area contributed by atoms with E-state index in [4.69, 9.17) is 0 Å². The molecule has 2 aromatic rings. The lowest BCUT2D eigenvalue weighted by Crippen LogP contribution is -2.19. The summed E-state index contributed by atoms with van der Waals surface area (Å²) in [4.78, 5) is 14.1. The Morgan fingerprint density at radius 3 is 2.63 bits per heavy atom. The number of aryl methyl sites for hydroxylation is 1. The van der Waals surface area contributed by atoms with Crippen LogP contribution in [0.5, 0.6) is 0 Å². The maximum atomic E-state index is 13.8. The van der Waals surface area contributed by atoms with Crippen molar-refractivity contribution in [1.82, 2.24) is 4.90 Å². The van der Waals surface area contributed by atoms with E-state index in [0.29, 0.717) is 29.2 Å². The number of anilines is 1. The van der Waals surface area contributed by atoms with Crippen LogP contribution < -0.4 is 4.72 Å². The normalized spacial score (nSPS) is 13.9. The molecule has 0 aromatic heterocycles. The molecule has 2 aromatic carbocycles. The van der Waals surface area contributed by atoms with Gasteiger partial charge in [0.15, 0.2) is 0 Å². The average molecular weight is 453 g/mol. The minimum Gasteiger partial charge on any atom is -0.478 e. The van der Waals surface area contributed by atoms with E-state index < -0.39 is 21.8 Å². The van der Waals surface area contributed by atoms with Crippen LogP contribution in [0.3, 0.4) is 0 Å². The van der Waals surface area contributed by atoms with Crippen LogP contribution in [0.4, 0.5) is 10.1 Å². The van der Waals surface area contributed by atoms with Crippen LogP contribution in [0.15, 0.2) is 40.1 Å². The van der Waals surface area contributed by atoms with E-state index in [1.54, 1.807) is 6.07 Å². The molecule has 0 heterocycles. The van der Waals surface area contributed by atoms with Crippen molar-refractivity contribution in [2.24, 2.45) is 0 Å². The molecule has 0 fully saturated rings. The van der Waals surface area contributed by atoms with E-state index in [1.807, 2.05) is 19.0 Å². The molecule has 30 heavy (non-hydrogen) atoms. The Morgan fingerprint density at radius 2 is 1.93 bits per heavy atom. The van der Waals surface area contributed by atoms with Gasteiger partial charge in [-0.1, -0.05) is 6.07 Å². The number of nitrogens with zero attached hydrogens (tertiary/aromatic N) is 1. The second kappa shape index (κ2) is 9.36. The number of hydrogen-bond acceptors (Lipinski definition) is 5. The summed E-state index contributed by atoms with van der Waals surface area (Å²) in [5, 5.41) is 9.75. The fourth-order valence-corrected chi connectivity index (χ4v) is 6.24. The minimum atomic E-state index is -4.11. The zero-order valence-electron chi connectivity index (χ0n) is 16.9. The van der Waals surface area contributed by atoms with Crippen molar-refractivity contribution in [3.8, 4) is 0 Å². The summed E-state index contributed by atoms with van der Waals surface area (Å²) >= 11 is 1.24. The van der Waals surface area contributed by atoms with Gasteiger partial charge in [-0.05, 0) is 75.2 Å². The SMILES string of the molecule is CN(C)CCSc1cc(F)ccc1S(=O)(=O)Nc1ccc2c(c1C(=O)O)CCCC2. The Bertz CT molecular complexity index is 1060. The summed E-state index contributed by atoms with van der Waals surface area (Å²) in [5.74, 6) is -1.11. The van der Waals surface area contributed by atoms with E-state index in [2.05, 4.69) is 4.72 Å². The lowest BCUT2D eigenvalue weighted by Gasteiger charge is -2.21. The highest BCUT2D eigenvalue weighted by Crippen LogP contribution is 2.33. The van der Waals surface area contributed by atoms with Crippen molar-refractivity contribution in [3.05, 3.63) is 52.8 Å². The molecule has 0 spiro atoms. The van der Waals surface area contributed by atoms with Crippen molar-refractivity contribution >= 4 is 33.4 Å². The van der Waals surface area contributed by atoms with Gasteiger partial charge in [0.1, 0.15) is 10.7 Å². The maximum Gasteiger partial charge on any atom is 0.338 e. The minimum absolute atomic E-state index is 0.000280. The van der Waals surface area contributed by atoms with Gasteiger partial charge >= 0.3 is 5.97 Å². The molecule has 0 saturated carbocycles. The topological polar surface area (TPSA) is 86.7 Å². The molecule has 6 nitrogen and oxygen atoms in total. The molecule has 0 radical (unpaired) electrons. The summed E-state index contributed by atoms with van der Waals surface area (Å²) in [6, 6.07) is 6.80. The summed E-state index contributed by atoms with van der Waals surface area (Å²) < 4.78 is 42.5. The summed E-state index contributed by atoms with van der Waals surface area (Å²) in [5.41, 5.74) is 1.67. The molecule has 1 aliphatic carbocycles. The fourth-order valence-electron chi connectivity index (χ4n) is 3.51. The summed E-state index contributed by atoms with van der Waals surface area (Å²) in [7, 11) is -0.313. The van der Waals surface area contributed by atoms with Crippen LogP contribution in [0.25, 0.3) is 0 Å². The van der Waals surface area contributed by atoms with Gasteiger partial charge in [-0.25, -0.2) is 17.6 Å². The van der Waals surface area contributed by atoms with Crippen LogP contribution in [0.2, 0.25) is 0 Å². The Labute approximate surface area is 180 Å². The van der Waals surface area contributed by atoms with Crippen molar-refractivity contribution < 1.29 is 22.7 Å². The second-order valence-corrected chi connectivity index (χ2v) is 10.3. The van der Waals surface area contributed by atoms with E-state index >= 15 is 0 Å². The molecular formula is C21H25FN2O4S2. The number of rotatable bonds is 8. The number of fused-ring (bicyclic) bond motifs is 1. The van der Waals surface area contributed by atoms with E-state index in [0.717, 1.165) is 30.9 Å². The molecule has 1 aliphatic rings. The molecule has 9 heteroatoms. The smallest absolute Gasteiger partial charge is 0.338 e. The zero-order chi connectivity index (χ0) is 21.9. The number of nitrogens with one attached hydrogen (secondary N) is 1. The second-order valence-electron chi connectivity index (χ2n) is 7.49. The molecular weight excluding hydrogens is 427 g/mol. The predicted molar refractivity (Wildman–Crippen MR) is 117 cm³/mol. The van der Waals surface area contributed by atoms with Crippen molar-refractivity contribution in [2.75, 3.05) is 31.1 Å². The monoisotopic (exact) mass is 452 g/mol. The molecule has 0 aliphatic heterocycles. The van der Waals surface area contributed by atoms with Crippen molar-refractivity contribution in [1.29, 1.82) is 0 Å². The first-order valence-electron chi connectivity index (χ1n) is 9.67. The highest BCUT2D eigenvalue weighted by Gasteiger charge is 2.26. The van der Waals surface area contributed by atoms with E-state index in [-0.39, 0.29) is 16.1 Å². The number of hydrogen-bond donors (Lipinski definition) is 2. The van der Waals surface area contributed by atoms with Gasteiger partial charge < -0.3 is 10.0 Å². The zero-order valence-corrected chi connectivity index (χ0v) is 18.6. The lowest BCUT2D eigenvalue weighted by molar-refractivity contribution is 0.0696. The van der Waals surface area contributed by atoms with Crippen molar-refractivity contribution in [2.45, 2.75) is 35.5 Å². The third kappa shape index (κ3) is 5.14. The maximum absolute atomic E-state index is 13.8. The van der Waals surface area contributed by atoms with Crippen molar-refractivity contribution in [3.63, 3.8) is 0 Å². The molecule has 0 bridgehead atoms. The summed E-state index contributed by atoms with van der Waals surface area (Å²) in [6.07, 6.45) is 3.25. The number of carbonyl (C=O) groups is 1. The number of sulfonamides is 1. The Balaban J connectivity index is 1.97. The predicted octanol–water partition coefficient (Wildman–Crippen LogP) is 3.86. The van der Waals surface area contributed by atoms with Crippen LogP contribution in [-0.2, 0) is 22.9 Å². The number of aromatic carboxylic acids is 1. The molecule has 0 amide bonds. The number of thioether (sulfide) groups is 1. The van der Waals surface area contributed by atoms with E-state index in [9.17, 15) is 22.7 Å². The Kier molecular flexibility index (Phi) is 7.05. The van der Waals surface area contributed by atoms with Gasteiger partial charge in [0.25, 0.3) is 10.0 Å². The van der Waals surface area contributed by atoms with Crippen LogP contribution in [0.1, 0.15) is 34.3 Å². The Morgan fingerprint density at radius 1 is 1.20 bits per heavy atom. The molecule has 0 atom stereocenters. The molecule has 2 N–H and O–H groups in total. The first-order chi connectivity index (χ1) is 14.2. The number of carboxylic acid groups (broad SMARTS) is 1. The summed E-state index contributed by atoms with van der Waals surface area (Å²) in [6.45, 7) is 0.697.